The Morgan fingerprint density at radius 1 is 1.29 bits per heavy atom. The quantitative estimate of drug-likeness (QED) is 0.929. The number of hydrogen-bond donors (Lipinski definition) is 1. The number of hydrogen-bond acceptors (Lipinski definition) is 3. The molecular weight excluding hydrogens is 290 g/mol. The molecule has 1 aromatic rings. The van der Waals surface area contributed by atoms with Crippen LogP contribution in [0.2, 0.25) is 5.02 Å². The molecule has 1 saturated heterocycles. The lowest BCUT2D eigenvalue weighted by molar-refractivity contribution is -0.138. The molecule has 2 rings (SSSR count). The molecule has 1 fully saturated rings. The molecule has 116 valence electrons. The van der Waals surface area contributed by atoms with Crippen molar-refractivity contribution >= 4 is 17.5 Å². The van der Waals surface area contributed by atoms with Crippen LogP contribution in [0.25, 0.3) is 0 Å². The van der Waals surface area contributed by atoms with E-state index < -0.39 is 12.2 Å². The number of benzene rings is 1. The van der Waals surface area contributed by atoms with Crippen LogP contribution in [0.1, 0.15) is 44.8 Å². The number of amides is 1. The maximum Gasteiger partial charge on any atom is 0.263 e. The molecule has 0 aromatic heterocycles. The minimum atomic E-state index is -0.580. The normalized spacial score (nSPS) is 18.2. The van der Waals surface area contributed by atoms with Crippen molar-refractivity contribution in [2.75, 3.05) is 13.1 Å². The Hall–Kier alpha value is -1.26. The van der Waals surface area contributed by atoms with Gasteiger partial charge in [-0.1, -0.05) is 17.7 Å². The van der Waals surface area contributed by atoms with E-state index in [-0.39, 0.29) is 5.91 Å². The second kappa shape index (κ2) is 7.14. The van der Waals surface area contributed by atoms with Gasteiger partial charge >= 0.3 is 0 Å². The molecule has 1 aliphatic rings. The highest BCUT2D eigenvalue weighted by Gasteiger charge is 2.24. The van der Waals surface area contributed by atoms with Gasteiger partial charge in [0.25, 0.3) is 5.91 Å². The second-order valence-electron chi connectivity index (χ2n) is 5.51. The number of carbonyl (C=O) groups excluding carboxylic acids is 1. The van der Waals surface area contributed by atoms with Gasteiger partial charge in [-0.05, 0) is 50.8 Å². The van der Waals surface area contributed by atoms with Gasteiger partial charge < -0.3 is 14.7 Å². The first-order chi connectivity index (χ1) is 9.99. The molecule has 1 heterocycles. The minimum absolute atomic E-state index is 0.00497. The van der Waals surface area contributed by atoms with Crippen LogP contribution in [0.5, 0.6) is 5.75 Å². The lowest BCUT2D eigenvalue weighted by Crippen LogP contribution is -2.43. The topological polar surface area (TPSA) is 49.8 Å². The van der Waals surface area contributed by atoms with E-state index in [4.69, 9.17) is 16.3 Å². The molecule has 1 unspecified atom stereocenters. The average Bonchev–Trinajstić information content (AvgIpc) is 2.49. The van der Waals surface area contributed by atoms with Gasteiger partial charge in [0.1, 0.15) is 5.75 Å². The molecule has 0 bridgehead atoms. The van der Waals surface area contributed by atoms with Gasteiger partial charge in [-0.2, -0.15) is 0 Å². The number of rotatable bonds is 4. The Balaban J connectivity index is 2.01. The van der Waals surface area contributed by atoms with Gasteiger partial charge in [0, 0.05) is 13.1 Å². The molecule has 5 heteroatoms. The van der Waals surface area contributed by atoms with Crippen LogP contribution in [-0.4, -0.2) is 35.1 Å². The zero-order chi connectivity index (χ0) is 15.4. The summed E-state index contributed by atoms with van der Waals surface area (Å²) < 4.78 is 5.69. The molecule has 1 aromatic carbocycles. The number of aliphatic hydroxyl groups excluding tert-OH is 1. The van der Waals surface area contributed by atoms with Crippen LogP contribution in [-0.2, 0) is 4.79 Å². The van der Waals surface area contributed by atoms with Crippen molar-refractivity contribution in [1.82, 2.24) is 4.90 Å². The Morgan fingerprint density at radius 3 is 2.52 bits per heavy atom. The van der Waals surface area contributed by atoms with Crippen LogP contribution in [0, 0.1) is 0 Å². The van der Waals surface area contributed by atoms with Crippen LogP contribution < -0.4 is 4.74 Å². The van der Waals surface area contributed by atoms with Gasteiger partial charge in [0.2, 0.25) is 0 Å². The highest BCUT2D eigenvalue weighted by molar-refractivity contribution is 6.32. The number of carbonyl (C=O) groups is 1. The summed E-state index contributed by atoms with van der Waals surface area (Å²) in [4.78, 5) is 14.2. The fourth-order valence-corrected chi connectivity index (χ4v) is 2.72. The number of ether oxygens (including phenoxy) is 1. The predicted molar refractivity (Wildman–Crippen MR) is 82.6 cm³/mol. The van der Waals surface area contributed by atoms with E-state index in [1.54, 1.807) is 32.0 Å². The lowest BCUT2D eigenvalue weighted by atomic mass is 10.1. The van der Waals surface area contributed by atoms with Crippen molar-refractivity contribution in [3.63, 3.8) is 0 Å². The van der Waals surface area contributed by atoms with E-state index in [0.29, 0.717) is 10.8 Å². The summed E-state index contributed by atoms with van der Waals surface area (Å²) in [5.74, 6) is 0.476. The maximum absolute atomic E-state index is 12.3. The fourth-order valence-electron chi connectivity index (χ4n) is 2.48. The Kier molecular flexibility index (Phi) is 5.48. The maximum atomic E-state index is 12.3. The van der Waals surface area contributed by atoms with Crippen molar-refractivity contribution in [3.05, 3.63) is 28.8 Å². The average molecular weight is 312 g/mol. The third-order valence-electron chi connectivity index (χ3n) is 3.76. The van der Waals surface area contributed by atoms with Crippen LogP contribution in [0.3, 0.4) is 0 Å². The summed E-state index contributed by atoms with van der Waals surface area (Å²) in [6.07, 6.45) is 2.16. The molecular formula is C16H22ClNO3. The number of likely N-dealkylation sites (tertiary alicyclic amines) is 1. The highest BCUT2D eigenvalue weighted by atomic mass is 35.5. The van der Waals surface area contributed by atoms with E-state index in [9.17, 15) is 9.90 Å². The molecule has 1 N–H and O–H groups in total. The zero-order valence-corrected chi connectivity index (χ0v) is 13.3. The number of halogens is 1. The van der Waals surface area contributed by atoms with E-state index in [2.05, 4.69) is 0 Å². The lowest BCUT2D eigenvalue weighted by Gasteiger charge is -2.29. The van der Waals surface area contributed by atoms with Crippen LogP contribution in [0.4, 0.5) is 0 Å². The van der Waals surface area contributed by atoms with Gasteiger partial charge in [0.15, 0.2) is 6.10 Å². The first kappa shape index (κ1) is 16.1. The molecule has 0 saturated carbocycles. The monoisotopic (exact) mass is 311 g/mol. The first-order valence-corrected chi connectivity index (χ1v) is 7.80. The van der Waals surface area contributed by atoms with E-state index in [1.807, 2.05) is 4.90 Å². The minimum Gasteiger partial charge on any atom is -0.479 e. The summed E-state index contributed by atoms with van der Waals surface area (Å²) in [5.41, 5.74) is 0.724. The molecule has 0 radical (unpaired) electrons. The van der Waals surface area contributed by atoms with Gasteiger partial charge in [0.05, 0.1) is 11.1 Å². The van der Waals surface area contributed by atoms with E-state index in [1.165, 1.54) is 6.42 Å². The van der Waals surface area contributed by atoms with Gasteiger partial charge in [-0.3, -0.25) is 4.79 Å². The molecule has 0 aliphatic carbocycles. The van der Waals surface area contributed by atoms with Crippen molar-refractivity contribution < 1.29 is 14.6 Å². The summed E-state index contributed by atoms with van der Waals surface area (Å²) in [7, 11) is 0. The van der Waals surface area contributed by atoms with Crippen molar-refractivity contribution in [2.24, 2.45) is 0 Å². The Bertz CT molecular complexity index is 498. The van der Waals surface area contributed by atoms with Gasteiger partial charge in [-0.25, -0.2) is 0 Å². The summed E-state index contributed by atoms with van der Waals surface area (Å²) in [6, 6.07) is 5.12. The number of aliphatic hydroxyl groups is 1. The third kappa shape index (κ3) is 4.11. The highest BCUT2D eigenvalue weighted by Crippen LogP contribution is 2.29. The smallest absolute Gasteiger partial charge is 0.263 e. The van der Waals surface area contributed by atoms with Crippen molar-refractivity contribution in [2.45, 2.75) is 45.3 Å². The zero-order valence-electron chi connectivity index (χ0n) is 12.5. The molecule has 1 amide bonds. The van der Waals surface area contributed by atoms with Crippen LogP contribution in [0.15, 0.2) is 18.2 Å². The SMILES string of the molecule is CC(Oc1ccc([C@@H](C)O)cc1Cl)C(=O)N1CCCCC1. The predicted octanol–water partition coefficient (Wildman–Crippen LogP) is 3.17. The molecule has 2 atom stereocenters. The standard InChI is InChI=1S/C16H22ClNO3/c1-11(19)13-6-7-15(14(17)10-13)21-12(2)16(20)18-8-4-3-5-9-18/h6-7,10-12,19H,3-5,8-9H2,1-2H3/t11-,12?/m1/s1. The first-order valence-electron chi connectivity index (χ1n) is 7.42. The van der Waals surface area contributed by atoms with E-state index in [0.717, 1.165) is 31.5 Å². The molecule has 0 spiro atoms. The van der Waals surface area contributed by atoms with Crippen molar-refractivity contribution in [1.29, 1.82) is 0 Å². The van der Waals surface area contributed by atoms with E-state index >= 15 is 0 Å². The second-order valence-corrected chi connectivity index (χ2v) is 5.92. The molecule has 4 nitrogen and oxygen atoms in total. The van der Waals surface area contributed by atoms with Gasteiger partial charge in [-0.15, -0.1) is 0 Å². The Labute approximate surface area is 130 Å². The number of piperidine rings is 1. The van der Waals surface area contributed by atoms with Crippen molar-refractivity contribution in [3.8, 4) is 5.75 Å². The summed E-state index contributed by atoms with van der Waals surface area (Å²) in [5, 5.41) is 9.93. The van der Waals surface area contributed by atoms with Crippen LogP contribution >= 0.6 is 11.6 Å². The largest absolute Gasteiger partial charge is 0.479 e. The fraction of sp³-hybridized carbons (Fsp3) is 0.562. The molecule has 21 heavy (non-hydrogen) atoms. The summed E-state index contributed by atoms with van der Waals surface area (Å²) >= 11 is 6.15. The third-order valence-corrected chi connectivity index (χ3v) is 4.05. The summed E-state index contributed by atoms with van der Waals surface area (Å²) in [6.45, 7) is 5.03. The molecule has 1 aliphatic heterocycles. The number of nitrogens with zero attached hydrogens (tertiary/aromatic N) is 1. The Morgan fingerprint density at radius 2 is 1.95 bits per heavy atom.